The second-order valence-electron chi connectivity index (χ2n) is 4.50. The van der Waals surface area contributed by atoms with Crippen LogP contribution in [0.4, 0.5) is 0 Å². The molecule has 0 spiro atoms. The van der Waals surface area contributed by atoms with Crippen LogP contribution in [0.15, 0.2) is 10.6 Å². The molecule has 0 aromatic carbocycles. The van der Waals surface area contributed by atoms with Crippen LogP contribution in [0.2, 0.25) is 0 Å². The van der Waals surface area contributed by atoms with Crippen molar-refractivity contribution in [3.05, 3.63) is 17.5 Å². The Bertz CT molecular complexity index is 260. The quantitative estimate of drug-likeness (QED) is 0.777. The standard InChI is InChI=1S/C10H17NO2/c1-10(2,3)7-8-6-9(4-5-12)13-11-8/h6,12H,4-5,7H2,1-3H3. The summed E-state index contributed by atoms with van der Waals surface area (Å²) in [4.78, 5) is 0. The lowest BCUT2D eigenvalue weighted by Crippen LogP contribution is -2.09. The molecule has 3 nitrogen and oxygen atoms in total. The molecule has 0 aliphatic heterocycles. The number of nitrogens with zero attached hydrogens (tertiary/aromatic N) is 1. The van der Waals surface area contributed by atoms with Crippen molar-refractivity contribution in [1.29, 1.82) is 0 Å². The van der Waals surface area contributed by atoms with Crippen LogP contribution in [-0.4, -0.2) is 16.9 Å². The minimum Gasteiger partial charge on any atom is -0.396 e. The molecule has 0 unspecified atom stereocenters. The highest BCUT2D eigenvalue weighted by molar-refractivity contribution is 5.07. The fourth-order valence-electron chi connectivity index (χ4n) is 1.21. The molecule has 1 rings (SSSR count). The minimum absolute atomic E-state index is 0.115. The van der Waals surface area contributed by atoms with E-state index in [2.05, 4.69) is 25.9 Å². The van der Waals surface area contributed by atoms with Gasteiger partial charge in [-0.15, -0.1) is 0 Å². The van der Waals surface area contributed by atoms with Crippen LogP contribution in [0, 0.1) is 5.41 Å². The summed E-state index contributed by atoms with van der Waals surface area (Å²) in [5.74, 6) is 0.766. The van der Waals surface area contributed by atoms with E-state index < -0.39 is 0 Å². The highest BCUT2D eigenvalue weighted by Gasteiger charge is 2.14. The van der Waals surface area contributed by atoms with Gasteiger partial charge in [-0.25, -0.2) is 0 Å². The molecule has 1 heterocycles. The molecule has 74 valence electrons. The second-order valence-corrected chi connectivity index (χ2v) is 4.50. The maximum Gasteiger partial charge on any atom is 0.139 e. The Morgan fingerprint density at radius 2 is 2.15 bits per heavy atom. The highest BCUT2D eigenvalue weighted by atomic mass is 16.5. The molecular formula is C10H17NO2. The maximum atomic E-state index is 8.67. The van der Waals surface area contributed by atoms with Crippen molar-refractivity contribution in [1.82, 2.24) is 5.16 Å². The zero-order chi connectivity index (χ0) is 9.90. The van der Waals surface area contributed by atoms with E-state index in [1.807, 2.05) is 6.07 Å². The molecule has 0 saturated heterocycles. The first-order chi connectivity index (χ1) is 6.01. The van der Waals surface area contributed by atoms with Crippen molar-refractivity contribution in [2.45, 2.75) is 33.6 Å². The highest BCUT2D eigenvalue weighted by Crippen LogP contribution is 2.20. The van der Waals surface area contributed by atoms with Crippen molar-refractivity contribution in [3.63, 3.8) is 0 Å². The fourth-order valence-corrected chi connectivity index (χ4v) is 1.21. The number of aromatic nitrogens is 1. The van der Waals surface area contributed by atoms with E-state index in [0.29, 0.717) is 6.42 Å². The lowest BCUT2D eigenvalue weighted by Gasteiger charge is -2.14. The van der Waals surface area contributed by atoms with E-state index in [9.17, 15) is 0 Å². The van der Waals surface area contributed by atoms with Crippen LogP contribution >= 0.6 is 0 Å². The maximum absolute atomic E-state index is 8.67. The lowest BCUT2D eigenvalue weighted by atomic mass is 9.90. The number of hydrogen-bond donors (Lipinski definition) is 1. The monoisotopic (exact) mass is 183 g/mol. The van der Waals surface area contributed by atoms with Crippen LogP contribution in [-0.2, 0) is 12.8 Å². The van der Waals surface area contributed by atoms with Crippen molar-refractivity contribution in [2.75, 3.05) is 6.61 Å². The molecular weight excluding hydrogens is 166 g/mol. The summed E-state index contributed by atoms with van der Waals surface area (Å²) in [5.41, 5.74) is 1.20. The fraction of sp³-hybridized carbons (Fsp3) is 0.700. The molecule has 0 aliphatic carbocycles. The summed E-state index contributed by atoms with van der Waals surface area (Å²) in [5, 5.41) is 12.6. The molecule has 13 heavy (non-hydrogen) atoms. The van der Waals surface area contributed by atoms with Gasteiger partial charge in [0, 0.05) is 12.5 Å². The topological polar surface area (TPSA) is 46.3 Å². The van der Waals surface area contributed by atoms with Gasteiger partial charge >= 0.3 is 0 Å². The lowest BCUT2D eigenvalue weighted by molar-refractivity contribution is 0.276. The summed E-state index contributed by atoms with van der Waals surface area (Å²) < 4.78 is 5.04. The Labute approximate surface area is 78.7 Å². The predicted molar refractivity (Wildman–Crippen MR) is 50.5 cm³/mol. The zero-order valence-corrected chi connectivity index (χ0v) is 8.50. The molecule has 0 amide bonds. The third kappa shape index (κ3) is 3.59. The van der Waals surface area contributed by atoms with E-state index in [4.69, 9.17) is 9.63 Å². The van der Waals surface area contributed by atoms with E-state index >= 15 is 0 Å². The number of aliphatic hydroxyl groups is 1. The summed E-state index contributed by atoms with van der Waals surface area (Å²) >= 11 is 0. The van der Waals surface area contributed by atoms with E-state index in [1.165, 1.54) is 0 Å². The van der Waals surface area contributed by atoms with Crippen LogP contribution < -0.4 is 0 Å². The van der Waals surface area contributed by atoms with Gasteiger partial charge in [0.1, 0.15) is 5.76 Å². The van der Waals surface area contributed by atoms with Gasteiger partial charge in [0.15, 0.2) is 0 Å². The van der Waals surface area contributed by atoms with E-state index in [0.717, 1.165) is 17.9 Å². The van der Waals surface area contributed by atoms with Crippen LogP contribution in [0.5, 0.6) is 0 Å². The first kappa shape index (κ1) is 10.3. The Morgan fingerprint density at radius 1 is 1.46 bits per heavy atom. The van der Waals surface area contributed by atoms with Gasteiger partial charge in [0.25, 0.3) is 0 Å². The molecule has 0 saturated carbocycles. The smallest absolute Gasteiger partial charge is 0.139 e. The first-order valence-electron chi connectivity index (χ1n) is 4.56. The SMILES string of the molecule is CC(C)(C)Cc1cc(CCO)on1. The summed E-state index contributed by atoms with van der Waals surface area (Å²) in [6.07, 6.45) is 1.46. The Morgan fingerprint density at radius 3 is 2.69 bits per heavy atom. The van der Waals surface area contributed by atoms with Crippen molar-refractivity contribution in [3.8, 4) is 0 Å². The molecule has 0 bridgehead atoms. The molecule has 1 N–H and O–H groups in total. The van der Waals surface area contributed by atoms with E-state index in [-0.39, 0.29) is 12.0 Å². The molecule has 3 heteroatoms. The number of hydrogen-bond acceptors (Lipinski definition) is 3. The molecule has 1 aromatic heterocycles. The van der Waals surface area contributed by atoms with Gasteiger partial charge in [-0.1, -0.05) is 25.9 Å². The van der Waals surface area contributed by atoms with Gasteiger partial charge in [0.05, 0.1) is 12.3 Å². The van der Waals surface area contributed by atoms with Crippen molar-refractivity contribution < 1.29 is 9.63 Å². The minimum atomic E-state index is 0.115. The second kappa shape index (κ2) is 3.92. The summed E-state index contributed by atoms with van der Waals surface area (Å²) in [6.45, 7) is 6.60. The van der Waals surface area contributed by atoms with Gasteiger partial charge < -0.3 is 9.63 Å². The van der Waals surface area contributed by atoms with Gasteiger partial charge in [-0.2, -0.15) is 0 Å². The number of aliphatic hydroxyl groups excluding tert-OH is 1. The van der Waals surface area contributed by atoms with Crippen LogP contribution in [0.25, 0.3) is 0 Å². The molecule has 0 atom stereocenters. The Hall–Kier alpha value is -0.830. The van der Waals surface area contributed by atoms with Crippen molar-refractivity contribution >= 4 is 0 Å². The third-order valence-corrected chi connectivity index (χ3v) is 1.68. The molecule has 0 aliphatic rings. The first-order valence-corrected chi connectivity index (χ1v) is 4.56. The predicted octanol–water partition coefficient (Wildman–Crippen LogP) is 1.80. The average molecular weight is 183 g/mol. The Kier molecular flexibility index (Phi) is 3.09. The Balaban J connectivity index is 2.59. The molecule has 0 radical (unpaired) electrons. The zero-order valence-electron chi connectivity index (χ0n) is 8.50. The molecule has 1 aromatic rings. The van der Waals surface area contributed by atoms with E-state index in [1.54, 1.807) is 0 Å². The van der Waals surface area contributed by atoms with Gasteiger partial charge in [-0.3, -0.25) is 0 Å². The van der Waals surface area contributed by atoms with Gasteiger partial charge in [0.2, 0.25) is 0 Å². The largest absolute Gasteiger partial charge is 0.396 e. The van der Waals surface area contributed by atoms with Gasteiger partial charge in [-0.05, 0) is 11.8 Å². The van der Waals surface area contributed by atoms with Crippen LogP contribution in [0.1, 0.15) is 32.2 Å². The van der Waals surface area contributed by atoms with Crippen LogP contribution in [0.3, 0.4) is 0 Å². The average Bonchev–Trinajstić information content (AvgIpc) is 2.33. The molecule has 0 fully saturated rings. The number of rotatable bonds is 3. The summed E-state index contributed by atoms with van der Waals surface area (Å²) in [6, 6.07) is 1.92. The third-order valence-electron chi connectivity index (χ3n) is 1.68. The normalized spacial score (nSPS) is 12.0. The summed E-state index contributed by atoms with van der Waals surface area (Å²) in [7, 11) is 0. The van der Waals surface area contributed by atoms with Crippen molar-refractivity contribution in [2.24, 2.45) is 5.41 Å².